The van der Waals surface area contributed by atoms with Gasteiger partial charge in [-0.1, -0.05) is 11.6 Å². The van der Waals surface area contributed by atoms with Crippen molar-refractivity contribution in [1.29, 1.82) is 0 Å². The van der Waals surface area contributed by atoms with Crippen molar-refractivity contribution < 1.29 is 29.9 Å². The quantitative estimate of drug-likeness (QED) is 0.541. The van der Waals surface area contributed by atoms with E-state index in [1.54, 1.807) is 24.4 Å². The van der Waals surface area contributed by atoms with Crippen molar-refractivity contribution in [1.82, 2.24) is 4.98 Å². The largest absolute Gasteiger partial charge is 0.460 e. The van der Waals surface area contributed by atoms with Gasteiger partial charge in [-0.3, -0.25) is 0 Å². The van der Waals surface area contributed by atoms with E-state index in [9.17, 15) is 15.3 Å². The number of fused-ring (bicyclic) bond motifs is 1. The Morgan fingerprint density at radius 1 is 1.18 bits per heavy atom. The van der Waals surface area contributed by atoms with E-state index in [0.29, 0.717) is 10.8 Å². The van der Waals surface area contributed by atoms with Crippen molar-refractivity contribution in [2.45, 2.75) is 30.7 Å². The standard InChI is InChI=1S/C14H16ClNO6/c15-6-1-2-7-8(3-6)16-4-9(7)21-14-13(20)12(19)11(18)10(5-17)22-14/h1-4,10-14,16-20H,5H2/t10-,11-,12+,13+,14-/m1/s1. The molecule has 22 heavy (non-hydrogen) atoms. The molecule has 1 fully saturated rings. The second-order valence-electron chi connectivity index (χ2n) is 5.16. The lowest BCUT2D eigenvalue weighted by Gasteiger charge is -2.39. The number of aromatic amines is 1. The first-order valence-electron chi connectivity index (χ1n) is 6.75. The topological polar surface area (TPSA) is 115 Å². The second-order valence-corrected chi connectivity index (χ2v) is 5.59. The Kier molecular flexibility index (Phi) is 4.26. The molecule has 1 aliphatic rings. The number of aliphatic hydroxyl groups excluding tert-OH is 4. The van der Waals surface area contributed by atoms with Gasteiger partial charge in [0.25, 0.3) is 0 Å². The molecule has 0 bridgehead atoms. The highest BCUT2D eigenvalue weighted by Gasteiger charge is 2.44. The van der Waals surface area contributed by atoms with Gasteiger partial charge in [0, 0.05) is 16.6 Å². The summed E-state index contributed by atoms with van der Waals surface area (Å²) < 4.78 is 10.9. The molecule has 1 aliphatic heterocycles. The van der Waals surface area contributed by atoms with Crippen molar-refractivity contribution >= 4 is 22.5 Å². The predicted octanol–water partition coefficient (Wildman–Crippen LogP) is -0.000000000000000278. The summed E-state index contributed by atoms with van der Waals surface area (Å²) in [6, 6.07) is 5.16. The van der Waals surface area contributed by atoms with Gasteiger partial charge < -0.3 is 34.9 Å². The molecule has 120 valence electrons. The summed E-state index contributed by atoms with van der Waals surface area (Å²) in [7, 11) is 0. The Hall–Kier alpha value is -1.35. The van der Waals surface area contributed by atoms with Crippen molar-refractivity contribution in [2.24, 2.45) is 0 Å². The maximum absolute atomic E-state index is 9.96. The Bertz CT molecular complexity index is 660. The van der Waals surface area contributed by atoms with Crippen molar-refractivity contribution in [3.8, 4) is 5.75 Å². The molecule has 5 N–H and O–H groups in total. The molecule has 0 amide bonds. The molecule has 8 heteroatoms. The molecule has 0 unspecified atom stereocenters. The van der Waals surface area contributed by atoms with Crippen LogP contribution in [0, 0.1) is 0 Å². The molecule has 0 radical (unpaired) electrons. The zero-order valence-corrected chi connectivity index (χ0v) is 12.1. The van der Waals surface area contributed by atoms with Gasteiger partial charge in [0.05, 0.1) is 12.1 Å². The number of hydrogen-bond donors (Lipinski definition) is 5. The van der Waals surface area contributed by atoms with Crippen molar-refractivity contribution in [3.63, 3.8) is 0 Å². The molecule has 5 atom stereocenters. The lowest BCUT2D eigenvalue weighted by atomic mass is 9.99. The number of rotatable bonds is 3. The normalized spacial score (nSPS) is 32.3. The molecular weight excluding hydrogens is 314 g/mol. The van der Waals surface area contributed by atoms with Gasteiger partial charge in [0.1, 0.15) is 30.2 Å². The van der Waals surface area contributed by atoms with E-state index in [4.69, 9.17) is 26.2 Å². The van der Waals surface area contributed by atoms with Crippen LogP contribution in [0.15, 0.2) is 24.4 Å². The summed E-state index contributed by atoms with van der Waals surface area (Å²) in [5.41, 5.74) is 0.743. The van der Waals surface area contributed by atoms with Gasteiger partial charge >= 0.3 is 0 Å². The molecule has 3 rings (SSSR count). The Morgan fingerprint density at radius 2 is 1.95 bits per heavy atom. The lowest BCUT2D eigenvalue weighted by Crippen LogP contribution is -2.60. The van der Waals surface area contributed by atoms with Gasteiger partial charge in [-0.15, -0.1) is 0 Å². The van der Waals surface area contributed by atoms with Gasteiger partial charge in [-0.25, -0.2) is 0 Å². The minimum atomic E-state index is -1.48. The lowest BCUT2D eigenvalue weighted by molar-refractivity contribution is -0.277. The van der Waals surface area contributed by atoms with E-state index in [1.165, 1.54) is 0 Å². The van der Waals surface area contributed by atoms with Gasteiger partial charge in [-0.05, 0) is 18.2 Å². The third-order valence-corrected chi connectivity index (χ3v) is 3.93. The third kappa shape index (κ3) is 2.67. The first kappa shape index (κ1) is 15.5. The summed E-state index contributed by atoms with van der Waals surface area (Å²) in [6.07, 6.45) is -5.00. The first-order valence-corrected chi connectivity index (χ1v) is 7.13. The Labute approximate surface area is 130 Å². The van der Waals surface area contributed by atoms with E-state index < -0.39 is 37.3 Å². The van der Waals surface area contributed by atoms with Crippen LogP contribution in [0.2, 0.25) is 5.02 Å². The van der Waals surface area contributed by atoms with E-state index in [1.807, 2.05) is 0 Å². The molecule has 0 aliphatic carbocycles. The Morgan fingerprint density at radius 3 is 2.68 bits per heavy atom. The number of hydrogen-bond acceptors (Lipinski definition) is 6. The highest BCUT2D eigenvalue weighted by atomic mass is 35.5. The number of ether oxygens (including phenoxy) is 2. The van der Waals surface area contributed by atoms with Crippen LogP contribution in [-0.4, -0.2) is 62.7 Å². The average Bonchev–Trinajstić information content (AvgIpc) is 2.90. The average molecular weight is 330 g/mol. The minimum Gasteiger partial charge on any atom is -0.460 e. The number of benzene rings is 1. The highest BCUT2D eigenvalue weighted by Crippen LogP contribution is 2.31. The number of halogens is 1. The molecule has 0 spiro atoms. The van der Waals surface area contributed by atoms with Gasteiger partial charge in [-0.2, -0.15) is 0 Å². The van der Waals surface area contributed by atoms with Crippen LogP contribution in [0.1, 0.15) is 0 Å². The molecular formula is C14H16ClNO6. The van der Waals surface area contributed by atoms with Crippen LogP contribution >= 0.6 is 11.6 Å². The monoisotopic (exact) mass is 329 g/mol. The minimum absolute atomic E-state index is 0.399. The number of aromatic nitrogens is 1. The summed E-state index contributed by atoms with van der Waals surface area (Å²) in [4.78, 5) is 2.97. The van der Waals surface area contributed by atoms with Crippen molar-refractivity contribution in [2.75, 3.05) is 6.61 Å². The molecule has 7 nitrogen and oxygen atoms in total. The molecule has 1 aromatic heterocycles. The zero-order valence-electron chi connectivity index (χ0n) is 11.4. The van der Waals surface area contributed by atoms with Gasteiger partial charge in [0.2, 0.25) is 6.29 Å². The Balaban J connectivity index is 1.84. The van der Waals surface area contributed by atoms with Gasteiger partial charge in [0.15, 0.2) is 0 Å². The summed E-state index contributed by atoms with van der Waals surface area (Å²) in [5, 5.41) is 39.9. The number of aliphatic hydroxyl groups is 4. The third-order valence-electron chi connectivity index (χ3n) is 3.70. The van der Waals surface area contributed by atoms with Crippen LogP contribution in [0.3, 0.4) is 0 Å². The van der Waals surface area contributed by atoms with E-state index in [-0.39, 0.29) is 0 Å². The number of H-pyrrole nitrogens is 1. The highest BCUT2D eigenvalue weighted by molar-refractivity contribution is 6.31. The molecule has 1 aromatic carbocycles. The summed E-state index contributed by atoms with van der Waals surface area (Å²) in [6.45, 7) is -0.506. The molecule has 2 aromatic rings. The molecule has 0 saturated carbocycles. The maximum Gasteiger partial charge on any atom is 0.229 e. The zero-order chi connectivity index (χ0) is 15.9. The fourth-order valence-corrected chi connectivity index (χ4v) is 2.63. The molecule has 2 heterocycles. The summed E-state index contributed by atoms with van der Waals surface area (Å²) >= 11 is 5.90. The fourth-order valence-electron chi connectivity index (χ4n) is 2.46. The second kappa shape index (κ2) is 6.04. The van der Waals surface area contributed by atoms with E-state index in [2.05, 4.69) is 4.98 Å². The maximum atomic E-state index is 9.96. The van der Waals surface area contributed by atoms with Crippen LogP contribution in [0.4, 0.5) is 0 Å². The van der Waals surface area contributed by atoms with Crippen LogP contribution in [-0.2, 0) is 4.74 Å². The number of nitrogens with one attached hydrogen (secondary N) is 1. The van der Waals surface area contributed by atoms with Crippen LogP contribution in [0.5, 0.6) is 5.75 Å². The summed E-state index contributed by atoms with van der Waals surface area (Å²) in [5.74, 6) is 0.399. The predicted molar refractivity (Wildman–Crippen MR) is 77.7 cm³/mol. The first-order chi connectivity index (χ1) is 10.5. The SMILES string of the molecule is OC[C@H]1O[C@@H](Oc2c[nH]c3cc(Cl)ccc23)[C@@H](O)[C@@H](O)[C@@H]1O. The fraction of sp³-hybridized carbons (Fsp3) is 0.429. The van der Waals surface area contributed by atoms with E-state index in [0.717, 1.165) is 10.9 Å². The van der Waals surface area contributed by atoms with Crippen molar-refractivity contribution in [3.05, 3.63) is 29.4 Å². The van der Waals surface area contributed by atoms with Crippen LogP contribution < -0.4 is 4.74 Å². The smallest absolute Gasteiger partial charge is 0.229 e. The van der Waals surface area contributed by atoms with Crippen LogP contribution in [0.25, 0.3) is 10.9 Å². The molecule has 1 saturated heterocycles. The van der Waals surface area contributed by atoms with E-state index >= 15 is 0 Å².